The van der Waals surface area contributed by atoms with Crippen molar-refractivity contribution in [2.24, 2.45) is 40.9 Å². The second kappa shape index (κ2) is 5.78. The van der Waals surface area contributed by atoms with E-state index in [1.54, 1.807) is 0 Å². The lowest BCUT2D eigenvalue weighted by atomic mass is 9.53. The average Bonchev–Trinajstić information content (AvgIpc) is 2.35. The quantitative estimate of drug-likeness (QED) is 0.560. The predicted molar refractivity (Wildman–Crippen MR) is 85.1 cm³/mol. The van der Waals surface area contributed by atoms with E-state index in [1.165, 1.54) is 38.5 Å². The molecule has 0 N–H and O–H groups in total. The van der Waals surface area contributed by atoms with Gasteiger partial charge in [0.2, 0.25) is 0 Å². The Kier molecular flexibility index (Phi) is 4.68. The van der Waals surface area contributed by atoms with E-state index in [1.807, 2.05) is 0 Å². The molecule has 2 fully saturated rings. The third-order valence-corrected chi connectivity index (χ3v) is 7.26. The van der Waals surface area contributed by atoms with E-state index in [9.17, 15) is 0 Å². The molecule has 2 aliphatic carbocycles. The van der Waals surface area contributed by atoms with Crippen molar-refractivity contribution in [3.63, 3.8) is 0 Å². The van der Waals surface area contributed by atoms with Gasteiger partial charge in [-0.2, -0.15) is 0 Å². The molecule has 19 heavy (non-hydrogen) atoms. The van der Waals surface area contributed by atoms with E-state index in [2.05, 4.69) is 41.5 Å². The summed E-state index contributed by atoms with van der Waals surface area (Å²) in [5.74, 6) is 5.76. The van der Waals surface area contributed by atoms with Crippen molar-refractivity contribution in [1.29, 1.82) is 0 Å². The fraction of sp³-hybridized carbons (Fsp3) is 1.00. The summed E-state index contributed by atoms with van der Waals surface area (Å²) in [6.07, 6.45) is 8.80. The fourth-order valence-corrected chi connectivity index (χ4v) is 5.46. The van der Waals surface area contributed by atoms with Gasteiger partial charge in [0.05, 0.1) is 0 Å². The number of hydrogen-bond acceptors (Lipinski definition) is 0. The molecule has 0 nitrogen and oxygen atoms in total. The molecule has 0 aliphatic heterocycles. The van der Waals surface area contributed by atoms with Gasteiger partial charge in [-0.15, -0.1) is 0 Å². The zero-order chi connectivity index (χ0) is 14.2. The summed E-state index contributed by atoms with van der Waals surface area (Å²) < 4.78 is 0. The molecule has 0 radical (unpaired) electrons. The highest BCUT2D eigenvalue weighted by Gasteiger charge is 2.46. The SMILES string of the molecule is CC[C@@H](C)[C@H]1C[C@@H]2CC[C@@H](C)[C@H](CCC1C)C2(C)C. The minimum absolute atomic E-state index is 0.587. The molecule has 2 bridgehead atoms. The molecule has 0 heterocycles. The smallest absolute Gasteiger partial charge is 0.0295 e. The largest absolute Gasteiger partial charge is 0.0651 e. The summed E-state index contributed by atoms with van der Waals surface area (Å²) in [6, 6.07) is 0. The molecular weight excluding hydrogens is 228 g/mol. The van der Waals surface area contributed by atoms with Crippen LogP contribution < -0.4 is 0 Å². The molecule has 2 saturated carbocycles. The van der Waals surface area contributed by atoms with Crippen molar-refractivity contribution in [2.75, 3.05) is 0 Å². The summed E-state index contributed by atoms with van der Waals surface area (Å²) in [5, 5.41) is 0. The standard InChI is InChI=1S/C19H36/c1-7-13(2)17-12-16-10-8-15(4)18(19(16,5)6)11-9-14(17)3/h13-18H,7-12H2,1-6H3/t13-,14?,15-,16+,17-,18+/m1/s1. The highest BCUT2D eigenvalue weighted by Crippen LogP contribution is 2.55. The predicted octanol–water partition coefficient (Wildman–Crippen LogP) is 6.16. The Morgan fingerprint density at radius 1 is 1.00 bits per heavy atom. The Hall–Kier alpha value is 0. The molecule has 1 unspecified atom stereocenters. The van der Waals surface area contributed by atoms with Crippen molar-refractivity contribution >= 4 is 0 Å². The monoisotopic (exact) mass is 264 g/mol. The minimum atomic E-state index is 0.587. The zero-order valence-corrected chi connectivity index (χ0v) is 14.2. The second-order valence-electron chi connectivity index (χ2n) is 8.52. The first-order chi connectivity index (χ1) is 8.87. The lowest BCUT2D eigenvalue weighted by Crippen LogP contribution is -2.44. The van der Waals surface area contributed by atoms with Crippen molar-refractivity contribution in [3.05, 3.63) is 0 Å². The van der Waals surface area contributed by atoms with Crippen LogP contribution in [0.2, 0.25) is 0 Å². The maximum absolute atomic E-state index is 2.58. The maximum Gasteiger partial charge on any atom is -0.0295 e. The molecule has 6 atom stereocenters. The lowest BCUT2D eigenvalue weighted by molar-refractivity contribution is -0.0301. The Balaban J connectivity index is 2.21. The molecular formula is C19H36. The van der Waals surface area contributed by atoms with E-state index < -0.39 is 0 Å². The number of fused-ring (bicyclic) bond motifs is 2. The van der Waals surface area contributed by atoms with Gasteiger partial charge in [0.1, 0.15) is 0 Å². The van der Waals surface area contributed by atoms with E-state index >= 15 is 0 Å². The Morgan fingerprint density at radius 2 is 1.63 bits per heavy atom. The number of hydrogen-bond donors (Lipinski definition) is 0. The topological polar surface area (TPSA) is 0 Å². The van der Waals surface area contributed by atoms with Gasteiger partial charge in [0.25, 0.3) is 0 Å². The third kappa shape index (κ3) is 2.88. The van der Waals surface area contributed by atoms with E-state index in [-0.39, 0.29) is 0 Å². The van der Waals surface area contributed by atoms with Gasteiger partial charge in [-0.3, -0.25) is 0 Å². The van der Waals surface area contributed by atoms with E-state index in [0.717, 1.165) is 35.5 Å². The maximum atomic E-state index is 2.58. The molecule has 0 amide bonds. The normalized spacial score (nSPS) is 44.2. The number of rotatable bonds is 2. The molecule has 0 aromatic rings. The van der Waals surface area contributed by atoms with Gasteiger partial charge in [-0.25, -0.2) is 0 Å². The first-order valence-electron chi connectivity index (χ1n) is 8.87. The summed E-state index contributed by atoms with van der Waals surface area (Å²) in [5.41, 5.74) is 0.587. The molecule has 2 aliphatic rings. The van der Waals surface area contributed by atoms with Crippen LogP contribution in [0, 0.1) is 40.9 Å². The van der Waals surface area contributed by atoms with Gasteiger partial charge in [0, 0.05) is 0 Å². The fourth-order valence-electron chi connectivity index (χ4n) is 5.46. The van der Waals surface area contributed by atoms with Crippen LogP contribution >= 0.6 is 0 Å². The average molecular weight is 264 g/mol. The zero-order valence-electron chi connectivity index (χ0n) is 14.2. The van der Waals surface area contributed by atoms with Crippen LogP contribution in [0.4, 0.5) is 0 Å². The van der Waals surface area contributed by atoms with Crippen LogP contribution in [0.3, 0.4) is 0 Å². The van der Waals surface area contributed by atoms with Crippen LogP contribution in [0.25, 0.3) is 0 Å². The van der Waals surface area contributed by atoms with Crippen LogP contribution in [0.1, 0.15) is 80.1 Å². The van der Waals surface area contributed by atoms with Crippen molar-refractivity contribution in [3.8, 4) is 0 Å². The van der Waals surface area contributed by atoms with Crippen LogP contribution in [0.15, 0.2) is 0 Å². The summed E-state index contributed by atoms with van der Waals surface area (Å²) in [4.78, 5) is 0. The molecule has 0 aromatic heterocycles. The Bertz CT molecular complexity index is 290. The summed E-state index contributed by atoms with van der Waals surface area (Å²) >= 11 is 0. The molecule has 2 rings (SSSR count). The van der Waals surface area contributed by atoms with Crippen molar-refractivity contribution in [2.45, 2.75) is 80.1 Å². The molecule has 0 saturated heterocycles. The van der Waals surface area contributed by atoms with Gasteiger partial charge >= 0.3 is 0 Å². The van der Waals surface area contributed by atoms with Gasteiger partial charge in [0.15, 0.2) is 0 Å². The highest BCUT2D eigenvalue weighted by molar-refractivity contribution is 4.95. The second-order valence-corrected chi connectivity index (χ2v) is 8.52. The first kappa shape index (κ1) is 15.4. The van der Waals surface area contributed by atoms with E-state index in [4.69, 9.17) is 0 Å². The van der Waals surface area contributed by atoms with Gasteiger partial charge in [-0.1, -0.05) is 60.8 Å². The molecule has 0 aromatic carbocycles. The van der Waals surface area contributed by atoms with Gasteiger partial charge < -0.3 is 0 Å². The van der Waals surface area contributed by atoms with E-state index in [0.29, 0.717) is 5.41 Å². The van der Waals surface area contributed by atoms with Crippen LogP contribution in [0.5, 0.6) is 0 Å². The van der Waals surface area contributed by atoms with Crippen LogP contribution in [-0.4, -0.2) is 0 Å². The Labute approximate surface area is 121 Å². The summed E-state index contributed by atoms with van der Waals surface area (Å²) in [6.45, 7) is 15.1. The molecule has 0 spiro atoms. The lowest BCUT2D eigenvalue weighted by Gasteiger charge is -2.53. The Morgan fingerprint density at radius 3 is 2.26 bits per heavy atom. The highest BCUT2D eigenvalue weighted by atomic mass is 14.5. The third-order valence-electron chi connectivity index (χ3n) is 7.26. The van der Waals surface area contributed by atoms with Crippen molar-refractivity contribution in [1.82, 2.24) is 0 Å². The first-order valence-corrected chi connectivity index (χ1v) is 8.87. The molecule has 112 valence electrons. The minimum Gasteiger partial charge on any atom is -0.0651 e. The molecule has 0 heteroatoms. The van der Waals surface area contributed by atoms with Crippen molar-refractivity contribution < 1.29 is 0 Å². The summed E-state index contributed by atoms with van der Waals surface area (Å²) in [7, 11) is 0. The van der Waals surface area contributed by atoms with Gasteiger partial charge in [-0.05, 0) is 60.2 Å². The van der Waals surface area contributed by atoms with Crippen LogP contribution in [-0.2, 0) is 0 Å².